The van der Waals surface area contributed by atoms with Crippen molar-refractivity contribution in [3.63, 3.8) is 0 Å². The van der Waals surface area contributed by atoms with Crippen LogP contribution in [0.2, 0.25) is 0 Å². The van der Waals surface area contributed by atoms with Crippen LogP contribution in [0.5, 0.6) is 0 Å². The molecular formula is C11H15N3O2S3. The second-order valence-corrected chi connectivity index (χ2v) is 7.44. The number of anilines is 1. The van der Waals surface area contributed by atoms with Crippen LogP contribution in [0, 0.1) is 0 Å². The molecule has 0 aliphatic carbocycles. The van der Waals surface area contributed by atoms with Gasteiger partial charge in [0.25, 0.3) is 10.0 Å². The third-order valence-electron chi connectivity index (χ3n) is 2.32. The fraction of sp³-hybridized carbons (Fsp3) is 0.364. The van der Waals surface area contributed by atoms with Crippen LogP contribution >= 0.6 is 22.7 Å². The van der Waals surface area contributed by atoms with E-state index in [4.69, 9.17) is 0 Å². The first-order valence-corrected chi connectivity index (χ1v) is 9.06. The lowest BCUT2D eigenvalue weighted by molar-refractivity contribution is 0.601. The van der Waals surface area contributed by atoms with Crippen LogP contribution < -0.4 is 10.0 Å². The van der Waals surface area contributed by atoms with Gasteiger partial charge in [0.1, 0.15) is 0 Å². The van der Waals surface area contributed by atoms with E-state index in [1.807, 2.05) is 0 Å². The first-order valence-electron chi connectivity index (χ1n) is 5.82. The topological polar surface area (TPSA) is 71.1 Å². The van der Waals surface area contributed by atoms with E-state index >= 15 is 0 Å². The zero-order chi connectivity index (χ0) is 13.7. The Hall–Kier alpha value is -0.960. The van der Waals surface area contributed by atoms with Crippen LogP contribution in [-0.4, -0.2) is 19.9 Å². The average Bonchev–Trinajstić information content (AvgIpc) is 3.00. The molecule has 8 heteroatoms. The fourth-order valence-corrected chi connectivity index (χ4v) is 4.46. The Bertz CT molecular complexity index is 605. The van der Waals surface area contributed by atoms with E-state index < -0.39 is 10.0 Å². The molecule has 0 aliphatic rings. The second kappa shape index (κ2) is 6.47. The normalized spacial score (nSPS) is 11.6. The van der Waals surface area contributed by atoms with Crippen molar-refractivity contribution in [1.82, 2.24) is 10.3 Å². The Labute approximate surface area is 120 Å². The lowest BCUT2D eigenvalue weighted by Gasteiger charge is -2.02. The van der Waals surface area contributed by atoms with Crippen LogP contribution in [0.1, 0.15) is 18.2 Å². The standard InChI is InChI=1S/C11H15N3O2S3/c1-2-3-12-7-9-6-10(8-18-9)19(15,16)14-11-13-4-5-17-11/h4-6,8,12H,2-3,7H2,1H3,(H,13,14). The van der Waals surface area contributed by atoms with Gasteiger partial charge < -0.3 is 5.32 Å². The number of nitrogens with zero attached hydrogens (tertiary/aromatic N) is 1. The van der Waals surface area contributed by atoms with E-state index in [0.29, 0.717) is 16.6 Å². The molecule has 2 N–H and O–H groups in total. The van der Waals surface area contributed by atoms with E-state index in [0.717, 1.165) is 17.8 Å². The number of sulfonamides is 1. The van der Waals surface area contributed by atoms with Crippen LogP contribution in [0.25, 0.3) is 0 Å². The smallest absolute Gasteiger partial charge is 0.264 e. The average molecular weight is 317 g/mol. The maximum atomic E-state index is 12.1. The SMILES string of the molecule is CCCNCc1cc(S(=O)(=O)Nc2nccs2)cs1. The summed E-state index contributed by atoms with van der Waals surface area (Å²) in [6, 6.07) is 1.70. The highest BCUT2D eigenvalue weighted by atomic mass is 32.2. The molecule has 2 aromatic rings. The minimum absolute atomic E-state index is 0.293. The summed E-state index contributed by atoms with van der Waals surface area (Å²) in [6.07, 6.45) is 2.62. The second-order valence-electron chi connectivity index (χ2n) is 3.87. The van der Waals surface area contributed by atoms with Gasteiger partial charge in [0, 0.05) is 28.4 Å². The molecule has 0 amide bonds. The van der Waals surface area contributed by atoms with Crippen molar-refractivity contribution in [2.24, 2.45) is 0 Å². The third kappa shape index (κ3) is 4.00. The molecule has 0 fully saturated rings. The van der Waals surface area contributed by atoms with E-state index in [1.54, 1.807) is 23.0 Å². The van der Waals surface area contributed by atoms with E-state index in [9.17, 15) is 8.42 Å². The summed E-state index contributed by atoms with van der Waals surface area (Å²) in [4.78, 5) is 5.21. The molecule has 2 aromatic heterocycles. The van der Waals surface area contributed by atoms with Crippen LogP contribution in [0.3, 0.4) is 0 Å². The first-order chi connectivity index (χ1) is 9.12. The third-order valence-corrected chi connectivity index (χ3v) is 5.54. The fourth-order valence-electron chi connectivity index (χ4n) is 1.43. The Balaban J connectivity index is 2.04. The van der Waals surface area contributed by atoms with Gasteiger partial charge in [0.05, 0.1) is 4.90 Å². The Kier molecular flexibility index (Phi) is 4.92. The zero-order valence-corrected chi connectivity index (χ0v) is 12.9. The summed E-state index contributed by atoms with van der Waals surface area (Å²) in [5.41, 5.74) is 0. The number of rotatable bonds is 7. The summed E-state index contributed by atoms with van der Waals surface area (Å²) in [6.45, 7) is 3.72. The molecular weight excluding hydrogens is 302 g/mol. The number of hydrogen-bond acceptors (Lipinski definition) is 6. The molecule has 2 heterocycles. The van der Waals surface area contributed by atoms with Crippen molar-refractivity contribution in [2.45, 2.75) is 24.8 Å². The molecule has 0 unspecified atom stereocenters. The van der Waals surface area contributed by atoms with Crippen molar-refractivity contribution >= 4 is 37.8 Å². The van der Waals surface area contributed by atoms with Gasteiger partial charge in [-0.05, 0) is 19.0 Å². The summed E-state index contributed by atoms with van der Waals surface area (Å²) in [7, 11) is -3.51. The van der Waals surface area contributed by atoms with E-state index in [1.165, 1.54) is 22.7 Å². The maximum absolute atomic E-state index is 12.1. The van der Waals surface area contributed by atoms with Gasteiger partial charge in [0.15, 0.2) is 5.13 Å². The van der Waals surface area contributed by atoms with Gasteiger partial charge in [-0.25, -0.2) is 13.4 Å². The molecule has 0 spiro atoms. The number of thiophene rings is 1. The highest BCUT2D eigenvalue weighted by molar-refractivity contribution is 7.93. The van der Waals surface area contributed by atoms with Crippen molar-refractivity contribution in [1.29, 1.82) is 0 Å². The van der Waals surface area contributed by atoms with Crippen molar-refractivity contribution < 1.29 is 8.42 Å². The molecule has 104 valence electrons. The number of hydrogen-bond donors (Lipinski definition) is 2. The maximum Gasteiger partial charge on any atom is 0.264 e. The van der Waals surface area contributed by atoms with Gasteiger partial charge in [-0.15, -0.1) is 22.7 Å². The monoisotopic (exact) mass is 317 g/mol. The zero-order valence-electron chi connectivity index (χ0n) is 10.4. The summed E-state index contributed by atoms with van der Waals surface area (Å²) in [5.74, 6) is 0. The molecule has 2 rings (SSSR count). The Morgan fingerprint density at radius 1 is 1.37 bits per heavy atom. The molecule has 0 atom stereocenters. The molecule has 0 bridgehead atoms. The lowest BCUT2D eigenvalue weighted by Crippen LogP contribution is -2.13. The van der Waals surface area contributed by atoms with E-state index in [-0.39, 0.29) is 0 Å². The highest BCUT2D eigenvalue weighted by Gasteiger charge is 2.17. The van der Waals surface area contributed by atoms with E-state index in [2.05, 4.69) is 21.9 Å². The molecule has 0 saturated carbocycles. The minimum Gasteiger partial charge on any atom is -0.312 e. The summed E-state index contributed by atoms with van der Waals surface area (Å²) >= 11 is 2.70. The lowest BCUT2D eigenvalue weighted by atomic mass is 10.4. The van der Waals surface area contributed by atoms with Gasteiger partial charge >= 0.3 is 0 Å². The van der Waals surface area contributed by atoms with Gasteiger partial charge in [0.2, 0.25) is 0 Å². The summed E-state index contributed by atoms with van der Waals surface area (Å²) in [5, 5.41) is 7.01. The van der Waals surface area contributed by atoms with Crippen molar-refractivity contribution in [3.8, 4) is 0 Å². The van der Waals surface area contributed by atoms with Gasteiger partial charge in [-0.3, -0.25) is 4.72 Å². The molecule has 0 saturated heterocycles. The number of thiazole rings is 1. The Morgan fingerprint density at radius 2 is 2.21 bits per heavy atom. The number of aromatic nitrogens is 1. The quantitative estimate of drug-likeness (QED) is 0.770. The minimum atomic E-state index is -3.51. The first kappa shape index (κ1) is 14.4. The van der Waals surface area contributed by atoms with Crippen molar-refractivity contribution in [2.75, 3.05) is 11.3 Å². The predicted octanol–water partition coefficient (Wildman–Crippen LogP) is 2.51. The van der Waals surface area contributed by atoms with Crippen molar-refractivity contribution in [3.05, 3.63) is 27.9 Å². The van der Waals surface area contributed by atoms with Gasteiger partial charge in [-0.2, -0.15) is 0 Å². The molecule has 19 heavy (non-hydrogen) atoms. The van der Waals surface area contributed by atoms with Crippen LogP contribution in [0.4, 0.5) is 5.13 Å². The highest BCUT2D eigenvalue weighted by Crippen LogP contribution is 2.22. The largest absolute Gasteiger partial charge is 0.312 e. The molecule has 0 radical (unpaired) electrons. The van der Waals surface area contributed by atoms with Gasteiger partial charge in [-0.1, -0.05) is 6.92 Å². The Morgan fingerprint density at radius 3 is 2.89 bits per heavy atom. The van der Waals surface area contributed by atoms with Crippen LogP contribution in [-0.2, 0) is 16.6 Å². The predicted molar refractivity (Wildman–Crippen MR) is 79.2 cm³/mol. The summed E-state index contributed by atoms with van der Waals surface area (Å²) < 4.78 is 26.6. The molecule has 5 nitrogen and oxygen atoms in total. The number of nitrogens with one attached hydrogen (secondary N) is 2. The molecule has 0 aliphatic heterocycles. The van der Waals surface area contributed by atoms with Crippen LogP contribution in [0.15, 0.2) is 27.9 Å². The molecule has 0 aromatic carbocycles.